The van der Waals surface area contributed by atoms with Crippen molar-refractivity contribution in [2.24, 2.45) is 0 Å². The fraction of sp³-hybridized carbons (Fsp3) is 0.385. The number of halogens is 1. The lowest BCUT2D eigenvalue weighted by Gasteiger charge is -2.39. The average Bonchev–Trinajstić information content (AvgIpc) is 3.17. The van der Waals surface area contributed by atoms with E-state index in [-0.39, 0.29) is 6.61 Å². The molecule has 6 heteroatoms. The molecule has 5 nitrogen and oxygen atoms in total. The van der Waals surface area contributed by atoms with E-state index in [1.54, 1.807) is 6.20 Å². The third-order valence-electron chi connectivity index (χ3n) is 6.70. The number of ether oxygens (including phenoxy) is 2. The molecule has 3 unspecified atom stereocenters. The maximum Gasteiger partial charge on any atom is 0.213 e. The maximum atomic E-state index is 15.4. The summed E-state index contributed by atoms with van der Waals surface area (Å²) in [5.74, 6) is 0.557. The first-order chi connectivity index (χ1) is 15.6. The van der Waals surface area contributed by atoms with Gasteiger partial charge < -0.3 is 9.47 Å². The number of aromatic nitrogens is 1. The highest BCUT2D eigenvalue weighted by Crippen LogP contribution is 2.36. The first-order valence-corrected chi connectivity index (χ1v) is 11.2. The lowest BCUT2D eigenvalue weighted by molar-refractivity contribution is -0.166. The average molecular weight is 435 g/mol. The molecule has 3 aromatic rings. The molecule has 2 aromatic carbocycles. The number of benzene rings is 2. The number of carbonyl (C=O) groups is 1. The van der Waals surface area contributed by atoms with Crippen molar-refractivity contribution in [2.45, 2.75) is 44.2 Å². The fourth-order valence-electron chi connectivity index (χ4n) is 4.91. The van der Waals surface area contributed by atoms with Crippen LogP contribution >= 0.6 is 0 Å². The topological polar surface area (TPSA) is 51.7 Å². The van der Waals surface area contributed by atoms with Gasteiger partial charge in [0.25, 0.3) is 0 Å². The summed E-state index contributed by atoms with van der Waals surface area (Å²) in [6.07, 6.45) is 3.06. The molecule has 32 heavy (non-hydrogen) atoms. The minimum Gasteiger partial charge on any atom is -0.485 e. The number of rotatable bonds is 5. The predicted molar refractivity (Wildman–Crippen MR) is 121 cm³/mol. The van der Waals surface area contributed by atoms with Crippen molar-refractivity contribution in [2.75, 3.05) is 19.7 Å². The van der Waals surface area contributed by atoms with E-state index < -0.39 is 18.0 Å². The lowest BCUT2D eigenvalue weighted by Crippen LogP contribution is -2.58. The number of likely N-dealkylation sites (tertiary alicyclic amines) is 1. The molecule has 3 atom stereocenters. The van der Waals surface area contributed by atoms with Crippen LogP contribution in [-0.2, 0) is 9.53 Å². The zero-order chi connectivity index (χ0) is 22.1. The van der Waals surface area contributed by atoms with Gasteiger partial charge in [-0.2, -0.15) is 0 Å². The Morgan fingerprint density at radius 3 is 2.66 bits per heavy atom. The molecule has 0 N–H and O–H groups in total. The van der Waals surface area contributed by atoms with Gasteiger partial charge >= 0.3 is 0 Å². The number of aldehydes is 1. The number of aryl methyl sites for hydroxylation is 1. The summed E-state index contributed by atoms with van der Waals surface area (Å²) in [4.78, 5) is 18.2. The van der Waals surface area contributed by atoms with E-state index in [1.807, 2.05) is 35.2 Å². The first kappa shape index (κ1) is 21.0. The quantitative estimate of drug-likeness (QED) is 0.545. The molecule has 0 amide bonds. The van der Waals surface area contributed by atoms with Crippen LogP contribution in [0, 0.1) is 6.92 Å². The second-order valence-electron chi connectivity index (χ2n) is 8.62. The van der Waals surface area contributed by atoms with Crippen LogP contribution in [-0.4, -0.2) is 53.9 Å². The Hall–Kier alpha value is -2.83. The zero-order valence-corrected chi connectivity index (χ0v) is 18.2. The number of pyridine rings is 1. The van der Waals surface area contributed by atoms with Crippen molar-refractivity contribution in [3.63, 3.8) is 0 Å². The molecule has 0 saturated carbocycles. The van der Waals surface area contributed by atoms with E-state index in [4.69, 9.17) is 9.47 Å². The summed E-state index contributed by atoms with van der Waals surface area (Å²) in [7, 11) is 0. The van der Waals surface area contributed by atoms with Gasteiger partial charge in [0, 0.05) is 24.7 Å². The summed E-state index contributed by atoms with van der Waals surface area (Å²) in [6, 6.07) is 15.8. The van der Waals surface area contributed by atoms with Gasteiger partial charge in [0.15, 0.2) is 18.6 Å². The second kappa shape index (κ2) is 8.60. The summed E-state index contributed by atoms with van der Waals surface area (Å²) < 4.78 is 27.0. The van der Waals surface area contributed by atoms with Gasteiger partial charge in [0.05, 0.1) is 12.1 Å². The number of hydrogen-bond acceptors (Lipinski definition) is 5. The Bertz CT molecular complexity index is 1110. The predicted octanol–water partition coefficient (Wildman–Crippen LogP) is 4.71. The van der Waals surface area contributed by atoms with Crippen LogP contribution in [0.15, 0.2) is 54.7 Å². The molecule has 2 aliphatic rings. The molecular weight excluding hydrogens is 407 g/mol. The molecule has 1 aromatic heterocycles. The van der Waals surface area contributed by atoms with Crippen LogP contribution in [0.4, 0.5) is 4.39 Å². The van der Waals surface area contributed by atoms with Crippen LogP contribution in [0.1, 0.15) is 24.8 Å². The van der Waals surface area contributed by atoms with Crippen molar-refractivity contribution >= 4 is 17.2 Å². The number of hydrogen-bond donors (Lipinski definition) is 0. The molecule has 0 aliphatic carbocycles. The highest BCUT2D eigenvalue weighted by molar-refractivity contribution is 5.88. The Labute approximate surface area is 187 Å². The van der Waals surface area contributed by atoms with E-state index in [0.29, 0.717) is 25.1 Å². The Kier molecular flexibility index (Phi) is 5.66. The molecule has 0 spiro atoms. The number of carbonyl (C=O) groups excluding carboxylic acids is 1. The van der Waals surface area contributed by atoms with Gasteiger partial charge in [0.2, 0.25) is 5.72 Å². The molecule has 2 saturated heterocycles. The largest absolute Gasteiger partial charge is 0.485 e. The number of piperidine rings is 1. The summed E-state index contributed by atoms with van der Waals surface area (Å²) in [5, 5.41) is 1.11. The van der Waals surface area contributed by atoms with Gasteiger partial charge in [0.1, 0.15) is 5.75 Å². The minimum absolute atomic E-state index is 0.0492. The lowest BCUT2D eigenvalue weighted by atomic mass is 9.98. The van der Waals surface area contributed by atoms with Crippen molar-refractivity contribution in [3.8, 4) is 16.9 Å². The number of alkyl halides is 1. The monoisotopic (exact) mass is 434 g/mol. The normalized spacial score (nSPS) is 26.3. The van der Waals surface area contributed by atoms with Gasteiger partial charge in [-0.15, -0.1) is 0 Å². The summed E-state index contributed by atoms with van der Waals surface area (Å²) in [5.41, 5.74) is 2.71. The summed E-state index contributed by atoms with van der Waals surface area (Å²) in [6.45, 7) is 3.45. The number of nitrogens with zero attached hydrogens (tertiary/aromatic N) is 2. The fourth-order valence-corrected chi connectivity index (χ4v) is 4.91. The molecule has 0 radical (unpaired) electrons. The van der Waals surface area contributed by atoms with Crippen LogP contribution in [0.2, 0.25) is 0 Å². The highest BCUT2D eigenvalue weighted by atomic mass is 19.1. The van der Waals surface area contributed by atoms with E-state index in [2.05, 4.69) is 30.1 Å². The van der Waals surface area contributed by atoms with Gasteiger partial charge in [-0.25, -0.2) is 4.39 Å². The van der Waals surface area contributed by atoms with E-state index in [9.17, 15) is 4.79 Å². The molecule has 5 rings (SSSR count). The first-order valence-electron chi connectivity index (χ1n) is 11.2. The summed E-state index contributed by atoms with van der Waals surface area (Å²) >= 11 is 0. The maximum absolute atomic E-state index is 15.4. The van der Waals surface area contributed by atoms with Crippen LogP contribution in [0.3, 0.4) is 0 Å². The molecule has 2 aliphatic heterocycles. The Morgan fingerprint density at radius 2 is 1.91 bits per heavy atom. The van der Waals surface area contributed by atoms with Gasteiger partial charge in [-0.1, -0.05) is 36.8 Å². The smallest absolute Gasteiger partial charge is 0.213 e. The Morgan fingerprint density at radius 1 is 1.12 bits per heavy atom. The molecule has 3 heterocycles. The zero-order valence-electron chi connectivity index (χ0n) is 18.2. The molecule has 0 bridgehead atoms. The van der Waals surface area contributed by atoms with Crippen molar-refractivity contribution < 1.29 is 18.7 Å². The van der Waals surface area contributed by atoms with Crippen LogP contribution in [0.5, 0.6) is 5.75 Å². The van der Waals surface area contributed by atoms with Crippen molar-refractivity contribution in [3.05, 3.63) is 60.3 Å². The highest BCUT2D eigenvalue weighted by Gasteiger charge is 2.56. The van der Waals surface area contributed by atoms with Crippen LogP contribution in [0.25, 0.3) is 22.0 Å². The molecule has 166 valence electrons. The number of fused-ring (bicyclic) bond motifs is 1. The third kappa shape index (κ3) is 3.57. The SMILES string of the molecule is Cc1c(-c2ccc(OC3COC(C=O)(N4CCCCC4)C3F)cc2)ccc2cccnc12. The Balaban J connectivity index is 1.33. The van der Waals surface area contributed by atoms with Crippen LogP contribution < -0.4 is 4.74 Å². The van der Waals surface area contributed by atoms with E-state index >= 15 is 4.39 Å². The third-order valence-corrected chi connectivity index (χ3v) is 6.70. The molecular formula is C26H27FN2O3. The van der Waals surface area contributed by atoms with E-state index in [1.165, 1.54) is 0 Å². The van der Waals surface area contributed by atoms with Gasteiger partial charge in [-0.05, 0) is 54.7 Å². The van der Waals surface area contributed by atoms with E-state index in [0.717, 1.165) is 46.9 Å². The van der Waals surface area contributed by atoms with Crippen molar-refractivity contribution in [1.82, 2.24) is 9.88 Å². The minimum atomic E-state index is -1.54. The standard InChI is InChI=1S/C26H27FN2O3/c1-18-22(12-9-20-6-5-13-28-24(18)20)19-7-10-21(11-8-19)32-23-16-31-26(17-30,25(23)27)29-14-3-2-4-15-29/h5-13,17,23,25H,2-4,14-16H2,1H3. The van der Waals surface area contributed by atoms with Crippen molar-refractivity contribution in [1.29, 1.82) is 0 Å². The van der Waals surface area contributed by atoms with Gasteiger partial charge in [-0.3, -0.25) is 14.7 Å². The second-order valence-corrected chi connectivity index (χ2v) is 8.62. The molecule has 2 fully saturated rings.